The van der Waals surface area contributed by atoms with Gasteiger partial charge in [0.1, 0.15) is 0 Å². The zero-order valence-electron chi connectivity index (χ0n) is 13.7. The van der Waals surface area contributed by atoms with E-state index in [1.54, 1.807) is 36.2 Å². The predicted molar refractivity (Wildman–Crippen MR) is 89.6 cm³/mol. The number of hydrogen-bond acceptors (Lipinski definition) is 4. The molecule has 1 heterocycles. The summed E-state index contributed by atoms with van der Waals surface area (Å²) in [7, 11) is -1.80. The van der Waals surface area contributed by atoms with Gasteiger partial charge in [-0.25, -0.2) is 13.1 Å². The van der Waals surface area contributed by atoms with Gasteiger partial charge in [0.15, 0.2) is 0 Å². The number of hydrogen-bond donors (Lipinski definition) is 2. The summed E-state index contributed by atoms with van der Waals surface area (Å²) >= 11 is 0. The van der Waals surface area contributed by atoms with Crippen LogP contribution >= 0.6 is 0 Å². The monoisotopic (exact) mass is 339 g/mol. The van der Waals surface area contributed by atoms with Gasteiger partial charge in [0.25, 0.3) is 0 Å². The van der Waals surface area contributed by atoms with Crippen LogP contribution in [0, 0.1) is 12.8 Å². The molecule has 7 heteroatoms. The molecule has 0 aromatic heterocycles. The van der Waals surface area contributed by atoms with Crippen molar-refractivity contribution in [1.82, 2.24) is 14.9 Å². The lowest BCUT2D eigenvalue weighted by atomic mass is 9.98. The van der Waals surface area contributed by atoms with Gasteiger partial charge in [-0.2, -0.15) is 0 Å². The number of likely N-dealkylation sites (N-methyl/N-ethyl adjacent to an activating group) is 1. The second kappa shape index (κ2) is 7.90. The Labute approximate surface area is 138 Å². The van der Waals surface area contributed by atoms with Gasteiger partial charge in [0, 0.05) is 26.7 Å². The molecule has 2 N–H and O–H groups in total. The molecule has 23 heavy (non-hydrogen) atoms. The molecule has 1 amide bonds. The summed E-state index contributed by atoms with van der Waals surface area (Å²) in [4.78, 5) is 14.1. The van der Waals surface area contributed by atoms with Crippen molar-refractivity contribution >= 4 is 15.9 Å². The first-order chi connectivity index (χ1) is 10.9. The van der Waals surface area contributed by atoms with Gasteiger partial charge < -0.3 is 10.2 Å². The van der Waals surface area contributed by atoms with E-state index >= 15 is 0 Å². The van der Waals surface area contributed by atoms with Crippen LogP contribution in [-0.2, 0) is 14.8 Å². The van der Waals surface area contributed by atoms with Crippen LogP contribution in [-0.4, -0.2) is 52.5 Å². The van der Waals surface area contributed by atoms with Crippen LogP contribution in [0.25, 0.3) is 0 Å². The average molecular weight is 339 g/mol. The molecule has 1 saturated heterocycles. The number of nitrogens with zero attached hydrogens (tertiary/aromatic N) is 1. The van der Waals surface area contributed by atoms with Crippen molar-refractivity contribution in [3.63, 3.8) is 0 Å². The van der Waals surface area contributed by atoms with Crippen LogP contribution in [0.4, 0.5) is 0 Å². The van der Waals surface area contributed by atoms with E-state index in [1.807, 2.05) is 6.92 Å². The predicted octanol–water partition coefficient (Wildman–Crippen LogP) is 0.731. The summed E-state index contributed by atoms with van der Waals surface area (Å²) in [5.41, 5.74) is 1.01. The third kappa shape index (κ3) is 5.02. The van der Waals surface area contributed by atoms with E-state index in [-0.39, 0.29) is 23.3 Å². The second-order valence-corrected chi connectivity index (χ2v) is 7.78. The van der Waals surface area contributed by atoms with Gasteiger partial charge in [-0.1, -0.05) is 17.7 Å². The summed E-state index contributed by atoms with van der Waals surface area (Å²) in [6.45, 7) is 4.14. The molecule has 6 nitrogen and oxygen atoms in total. The number of carbonyl (C=O) groups excluding carboxylic acids is 1. The molecule has 1 aromatic rings. The number of piperidine rings is 1. The fraction of sp³-hybridized carbons (Fsp3) is 0.562. The van der Waals surface area contributed by atoms with Crippen LogP contribution < -0.4 is 10.0 Å². The molecule has 1 aliphatic heterocycles. The van der Waals surface area contributed by atoms with E-state index in [1.165, 1.54) is 0 Å². The summed E-state index contributed by atoms with van der Waals surface area (Å²) < 4.78 is 26.9. The van der Waals surface area contributed by atoms with E-state index in [9.17, 15) is 13.2 Å². The highest BCUT2D eigenvalue weighted by Gasteiger charge is 2.24. The summed E-state index contributed by atoms with van der Waals surface area (Å²) in [5, 5.41) is 3.22. The summed E-state index contributed by atoms with van der Waals surface area (Å²) in [6, 6.07) is 6.70. The molecule has 0 saturated carbocycles. The maximum atomic E-state index is 12.3. The third-order valence-electron chi connectivity index (χ3n) is 4.09. The molecule has 0 spiro atoms. The van der Waals surface area contributed by atoms with E-state index < -0.39 is 10.0 Å². The van der Waals surface area contributed by atoms with Crippen LogP contribution in [0.2, 0.25) is 0 Å². The standard InChI is InChI=1S/C16H25N3O3S/c1-13-5-7-15(8-6-13)23(21,22)18-10-11-19(2)16(20)14-4-3-9-17-12-14/h5-8,14,17-18H,3-4,9-12H2,1-2H3. The van der Waals surface area contributed by atoms with Gasteiger partial charge in [0.05, 0.1) is 10.8 Å². The largest absolute Gasteiger partial charge is 0.344 e. The lowest BCUT2D eigenvalue weighted by Gasteiger charge is -2.27. The van der Waals surface area contributed by atoms with Crippen molar-refractivity contribution in [3.05, 3.63) is 29.8 Å². The number of benzene rings is 1. The SMILES string of the molecule is Cc1ccc(S(=O)(=O)NCCN(C)C(=O)C2CCCNC2)cc1. The van der Waals surface area contributed by atoms with Gasteiger partial charge in [-0.3, -0.25) is 4.79 Å². The van der Waals surface area contributed by atoms with E-state index in [2.05, 4.69) is 10.0 Å². The topological polar surface area (TPSA) is 78.5 Å². The average Bonchev–Trinajstić information content (AvgIpc) is 2.55. The fourth-order valence-corrected chi connectivity index (χ4v) is 3.65. The van der Waals surface area contributed by atoms with Gasteiger partial charge in [-0.05, 0) is 38.4 Å². The fourth-order valence-electron chi connectivity index (χ4n) is 2.63. The maximum absolute atomic E-state index is 12.3. The minimum atomic E-state index is -3.52. The van der Waals surface area contributed by atoms with Crippen LogP contribution in [0.15, 0.2) is 29.2 Å². The molecule has 2 rings (SSSR count). The van der Waals surface area contributed by atoms with Crippen LogP contribution in [0.1, 0.15) is 18.4 Å². The number of rotatable bonds is 6. The van der Waals surface area contributed by atoms with Crippen molar-refractivity contribution < 1.29 is 13.2 Å². The molecule has 128 valence electrons. The number of carbonyl (C=O) groups is 1. The van der Waals surface area contributed by atoms with Crippen molar-refractivity contribution in [3.8, 4) is 0 Å². The van der Waals surface area contributed by atoms with Crippen molar-refractivity contribution in [2.75, 3.05) is 33.2 Å². The number of nitrogens with one attached hydrogen (secondary N) is 2. The van der Waals surface area contributed by atoms with Crippen LogP contribution in [0.3, 0.4) is 0 Å². The molecular weight excluding hydrogens is 314 g/mol. The molecule has 1 aromatic carbocycles. The highest BCUT2D eigenvalue weighted by atomic mass is 32.2. The Morgan fingerprint density at radius 3 is 2.65 bits per heavy atom. The first-order valence-electron chi connectivity index (χ1n) is 7.92. The quantitative estimate of drug-likeness (QED) is 0.801. The number of sulfonamides is 1. The molecule has 1 aliphatic rings. The minimum Gasteiger partial charge on any atom is -0.344 e. The Hall–Kier alpha value is -1.44. The first kappa shape index (κ1) is 17.9. The van der Waals surface area contributed by atoms with Gasteiger partial charge in [0.2, 0.25) is 15.9 Å². The normalized spacial score (nSPS) is 18.6. The molecule has 1 unspecified atom stereocenters. The van der Waals surface area contributed by atoms with E-state index in [0.717, 1.165) is 24.9 Å². The van der Waals surface area contributed by atoms with E-state index in [4.69, 9.17) is 0 Å². The zero-order valence-corrected chi connectivity index (χ0v) is 14.5. The van der Waals surface area contributed by atoms with E-state index in [0.29, 0.717) is 13.1 Å². The van der Waals surface area contributed by atoms with Gasteiger partial charge in [-0.15, -0.1) is 0 Å². The minimum absolute atomic E-state index is 0.00227. The lowest BCUT2D eigenvalue weighted by molar-refractivity contribution is -0.134. The summed E-state index contributed by atoms with van der Waals surface area (Å²) in [5.74, 6) is 0.0780. The Morgan fingerprint density at radius 2 is 2.04 bits per heavy atom. The third-order valence-corrected chi connectivity index (χ3v) is 5.57. The Kier molecular flexibility index (Phi) is 6.15. The molecular formula is C16H25N3O3S. The summed E-state index contributed by atoms with van der Waals surface area (Å²) in [6.07, 6.45) is 1.90. The number of amides is 1. The van der Waals surface area contributed by atoms with Crippen LogP contribution in [0.5, 0.6) is 0 Å². The maximum Gasteiger partial charge on any atom is 0.240 e. The second-order valence-electron chi connectivity index (χ2n) is 6.01. The zero-order chi connectivity index (χ0) is 16.9. The highest BCUT2D eigenvalue weighted by Crippen LogP contribution is 2.13. The molecule has 1 atom stereocenters. The Morgan fingerprint density at radius 1 is 1.35 bits per heavy atom. The molecule has 1 fully saturated rings. The smallest absolute Gasteiger partial charge is 0.240 e. The van der Waals surface area contributed by atoms with Gasteiger partial charge >= 0.3 is 0 Å². The molecule has 0 radical (unpaired) electrons. The van der Waals surface area contributed by atoms with Crippen molar-refractivity contribution in [2.45, 2.75) is 24.7 Å². The number of aryl methyl sites for hydroxylation is 1. The van der Waals surface area contributed by atoms with Crippen molar-refractivity contribution in [2.24, 2.45) is 5.92 Å². The molecule has 0 bridgehead atoms. The lowest BCUT2D eigenvalue weighted by Crippen LogP contribution is -2.43. The Bertz CT molecular complexity index is 622. The van der Waals surface area contributed by atoms with Crippen molar-refractivity contribution in [1.29, 1.82) is 0 Å². The Balaban J connectivity index is 1.83. The first-order valence-corrected chi connectivity index (χ1v) is 9.40. The highest BCUT2D eigenvalue weighted by molar-refractivity contribution is 7.89. The molecule has 0 aliphatic carbocycles.